The number of fused-ring (bicyclic) bond motifs is 1. The highest BCUT2D eigenvalue weighted by Crippen LogP contribution is 2.46. The minimum absolute atomic E-state index is 0.0192. The van der Waals surface area contributed by atoms with E-state index >= 15 is 0 Å². The van der Waals surface area contributed by atoms with Crippen LogP contribution in [0.25, 0.3) is 0 Å². The fraction of sp³-hybridized carbons (Fsp3) is 0.185. The Labute approximate surface area is 262 Å². The number of benzene rings is 3. The lowest BCUT2D eigenvalue weighted by Gasteiger charge is -2.18. The maximum atomic E-state index is 13.3. The predicted octanol–water partition coefficient (Wildman–Crippen LogP) is 7.77. The van der Waals surface area contributed by atoms with E-state index in [2.05, 4.69) is 63.7 Å². The van der Waals surface area contributed by atoms with Gasteiger partial charge in [-0.15, -0.1) is 0 Å². The van der Waals surface area contributed by atoms with Crippen LogP contribution in [0.4, 0.5) is 11.4 Å². The number of nitrogens with zero attached hydrogens (tertiary/aromatic N) is 2. The van der Waals surface area contributed by atoms with Crippen LogP contribution in [-0.4, -0.2) is 30.2 Å². The van der Waals surface area contributed by atoms with Crippen molar-refractivity contribution in [3.05, 3.63) is 81.6 Å². The summed E-state index contributed by atoms with van der Waals surface area (Å²) < 4.78 is 7.73. The lowest BCUT2D eigenvalue weighted by molar-refractivity contribution is -0.139. The van der Waals surface area contributed by atoms with E-state index in [1.165, 1.54) is 11.0 Å². The van der Waals surface area contributed by atoms with Gasteiger partial charge in [-0.2, -0.15) is 0 Å². The molecule has 3 amide bonds. The maximum absolute atomic E-state index is 13.3. The molecule has 1 saturated heterocycles. The first-order valence-corrected chi connectivity index (χ1v) is 15.1. The van der Waals surface area contributed by atoms with Gasteiger partial charge in [-0.25, -0.2) is 4.90 Å². The molecular formula is C27H17Br4ClN2O5. The monoisotopic (exact) mass is 800 g/mol. The van der Waals surface area contributed by atoms with E-state index in [4.69, 9.17) is 16.3 Å². The van der Waals surface area contributed by atoms with E-state index in [1.54, 1.807) is 31.2 Å². The highest BCUT2D eigenvalue weighted by atomic mass is 79.9. The minimum Gasteiger partial charge on any atom is -0.426 e. The van der Waals surface area contributed by atoms with Crippen LogP contribution in [0.1, 0.15) is 38.3 Å². The molecule has 200 valence electrons. The molecule has 2 aliphatic heterocycles. The average Bonchev–Trinajstić information content (AvgIpc) is 3.40. The largest absolute Gasteiger partial charge is 0.426 e. The molecule has 0 aromatic heterocycles. The van der Waals surface area contributed by atoms with Gasteiger partial charge in [0.05, 0.1) is 22.7 Å². The van der Waals surface area contributed by atoms with Crippen LogP contribution in [0.5, 0.6) is 5.75 Å². The van der Waals surface area contributed by atoms with E-state index in [1.807, 2.05) is 13.0 Å². The van der Waals surface area contributed by atoms with Gasteiger partial charge >= 0.3 is 5.97 Å². The minimum atomic E-state index is -0.652. The van der Waals surface area contributed by atoms with Crippen LogP contribution in [0.2, 0.25) is 5.02 Å². The Morgan fingerprint density at radius 3 is 2.05 bits per heavy atom. The topological polar surface area (TPSA) is 84.0 Å². The lowest BCUT2D eigenvalue weighted by atomic mass is 10.1. The Bertz CT molecular complexity index is 1580. The molecule has 0 saturated carbocycles. The van der Waals surface area contributed by atoms with Crippen molar-refractivity contribution < 1.29 is 23.9 Å². The molecule has 39 heavy (non-hydrogen) atoms. The number of hydrogen-bond acceptors (Lipinski definition) is 5. The number of aryl methyl sites for hydroxylation is 2. The van der Waals surface area contributed by atoms with Gasteiger partial charge < -0.3 is 9.64 Å². The molecule has 12 heteroatoms. The highest BCUT2D eigenvalue weighted by molar-refractivity contribution is 9.15. The fourth-order valence-corrected chi connectivity index (χ4v) is 7.21. The van der Waals surface area contributed by atoms with Crippen LogP contribution in [0.3, 0.4) is 0 Å². The third kappa shape index (κ3) is 4.90. The number of carbonyl (C=O) groups is 4. The first-order chi connectivity index (χ1) is 18.4. The van der Waals surface area contributed by atoms with Gasteiger partial charge in [-0.3, -0.25) is 19.2 Å². The summed E-state index contributed by atoms with van der Waals surface area (Å²) in [4.78, 5) is 54.9. The Morgan fingerprint density at radius 2 is 1.49 bits per heavy atom. The van der Waals surface area contributed by atoms with Crippen LogP contribution >= 0.6 is 75.3 Å². The van der Waals surface area contributed by atoms with Crippen LogP contribution in [0, 0.1) is 19.8 Å². The van der Waals surface area contributed by atoms with E-state index in [0.29, 0.717) is 39.9 Å². The smallest absolute Gasteiger partial charge is 0.316 e. The molecule has 0 N–H and O–H groups in total. The van der Waals surface area contributed by atoms with Crippen molar-refractivity contribution >= 4 is 110 Å². The first-order valence-electron chi connectivity index (χ1n) is 11.5. The van der Waals surface area contributed by atoms with Crippen LogP contribution < -0.4 is 14.5 Å². The SMILES string of the molecule is Cc1ccc(N2C[C@@H](C(=O)Oc3ccc(N4C(=O)c5c(Br)c(Br)c(Br)c(Br)c5C4=O)c(C)c3)CC2=O)cc1Cl. The number of carbonyl (C=O) groups excluding carboxylic acids is 4. The van der Waals surface area contributed by atoms with E-state index in [-0.39, 0.29) is 35.7 Å². The third-order valence-electron chi connectivity index (χ3n) is 6.65. The summed E-state index contributed by atoms with van der Waals surface area (Å²) in [5.74, 6) is -2.10. The van der Waals surface area contributed by atoms with Crippen LogP contribution in [-0.2, 0) is 9.59 Å². The second kappa shape index (κ2) is 10.7. The van der Waals surface area contributed by atoms with Gasteiger partial charge in [-0.05, 0) is 119 Å². The number of imide groups is 1. The Morgan fingerprint density at radius 1 is 0.872 bits per heavy atom. The molecule has 3 aromatic carbocycles. The van der Waals surface area contributed by atoms with Crippen molar-refractivity contribution in [2.75, 3.05) is 16.3 Å². The summed E-state index contributed by atoms with van der Waals surface area (Å²) in [7, 11) is 0. The fourth-order valence-electron chi connectivity index (χ4n) is 4.57. The summed E-state index contributed by atoms with van der Waals surface area (Å²) in [6.07, 6.45) is 0.0192. The second-order valence-electron chi connectivity index (χ2n) is 9.16. The van der Waals surface area contributed by atoms with Crippen molar-refractivity contribution in [3.63, 3.8) is 0 Å². The molecule has 2 aliphatic rings. The number of esters is 1. The Balaban J connectivity index is 1.34. The molecule has 0 unspecified atom stereocenters. The molecule has 7 nitrogen and oxygen atoms in total. The molecule has 0 spiro atoms. The summed E-state index contributed by atoms with van der Waals surface area (Å²) >= 11 is 19.9. The van der Waals surface area contributed by atoms with Crippen molar-refractivity contribution in [3.8, 4) is 5.75 Å². The van der Waals surface area contributed by atoms with Crippen molar-refractivity contribution in [1.29, 1.82) is 0 Å². The van der Waals surface area contributed by atoms with Gasteiger partial charge in [0.1, 0.15) is 5.75 Å². The average molecular weight is 805 g/mol. The number of hydrogen-bond donors (Lipinski definition) is 0. The molecule has 0 bridgehead atoms. The van der Waals surface area contributed by atoms with Gasteiger partial charge in [0.25, 0.3) is 11.8 Å². The molecule has 5 rings (SSSR count). The number of amides is 3. The van der Waals surface area contributed by atoms with Gasteiger partial charge in [0.15, 0.2) is 0 Å². The normalized spacial score (nSPS) is 16.8. The van der Waals surface area contributed by atoms with Gasteiger partial charge in [0, 0.05) is 41.6 Å². The molecule has 0 aliphatic carbocycles. The summed E-state index contributed by atoms with van der Waals surface area (Å²) in [5.41, 5.74) is 2.92. The Kier molecular flexibility index (Phi) is 7.84. The molecule has 3 aromatic rings. The number of ether oxygens (including phenoxy) is 1. The lowest BCUT2D eigenvalue weighted by Crippen LogP contribution is -2.30. The Hall–Kier alpha value is -2.05. The summed E-state index contributed by atoms with van der Waals surface area (Å²) in [6.45, 7) is 3.77. The molecule has 0 radical (unpaired) electrons. The van der Waals surface area contributed by atoms with Gasteiger partial charge in [0.2, 0.25) is 5.91 Å². The standard InChI is InChI=1S/C27H17Br4ClN2O5/c1-11-3-4-14(9-16(11)32)33-10-13(8-18(33)35)27(38)39-15-5-6-17(12(2)7-15)34-25(36)19-20(26(34)37)22(29)24(31)23(30)21(19)28/h3-7,9,13H,8,10H2,1-2H3/t13-/m0/s1. The maximum Gasteiger partial charge on any atom is 0.316 e. The number of halogens is 5. The third-order valence-corrected chi connectivity index (χ3v) is 11.8. The first kappa shape index (κ1) is 28.5. The van der Waals surface area contributed by atoms with Crippen molar-refractivity contribution in [1.82, 2.24) is 0 Å². The van der Waals surface area contributed by atoms with E-state index in [9.17, 15) is 19.2 Å². The quantitative estimate of drug-likeness (QED) is 0.0886. The highest BCUT2D eigenvalue weighted by Gasteiger charge is 2.42. The zero-order valence-electron chi connectivity index (χ0n) is 20.3. The van der Waals surface area contributed by atoms with E-state index in [0.717, 1.165) is 10.5 Å². The molecular weight excluding hydrogens is 787 g/mol. The predicted molar refractivity (Wildman–Crippen MR) is 162 cm³/mol. The zero-order valence-corrected chi connectivity index (χ0v) is 27.4. The van der Waals surface area contributed by atoms with E-state index < -0.39 is 23.7 Å². The molecule has 2 heterocycles. The molecule has 1 fully saturated rings. The number of anilines is 2. The summed E-state index contributed by atoms with van der Waals surface area (Å²) in [5, 5.41) is 0.542. The second-order valence-corrected chi connectivity index (χ2v) is 12.7. The van der Waals surface area contributed by atoms with Crippen molar-refractivity contribution in [2.45, 2.75) is 20.3 Å². The number of rotatable bonds is 4. The molecule has 1 atom stereocenters. The summed E-state index contributed by atoms with van der Waals surface area (Å²) in [6, 6.07) is 9.99. The van der Waals surface area contributed by atoms with Crippen LogP contribution in [0.15, 0.2) is 54.3 Å². The zero-order chi connectivity index (χ0) is 28.3. The van der Waals surface area contributed by atoms with Crippen molar-refractivity contribution in [2.24, 2.45) is 5.92 Å². The van der Waals surface area contributed by atoms with Gasteiger partial charge in [-0.1, -0.05) is 17.7 Å².